The molecule has 1 aliphatic carbocycles. The van der Waals surface area contributed by atoms with E-state index in [-0.39, 0.29) is 6.10 Å². The monoisotopic (exact) mass is 265 g/mol. The van der Waals surface area contributed by atoms with Gasteiger partial charge in [-0.25, -0.2) is 0 Å². The number of aliphatic hydroxyl groups excluding tert-OH is 1. The molecule has 0 spiro atoms. The summed E-state index contributed by atoms with van der Waals surface area (Å²) < 4.78 is 2.08. The van der Waals surface area contributed by atoms with Gasteiger partial charge in [-0.3, -0.25) is 4.68 Å². The lowest BCUT2D eigenvalue weighted by Crippen LogP contribution is -2.36. The Labute approximate surface area is 116 Å². The van der Waals surface area contributed by atoms with Crippen molar-refractivity contribution in [3.63, 3.8) is 0 Å². The predicted molar refractivity (Wildman–Crippen MR) is 77.2 cm³/mol. The number of hydrogen-bond acceptors (Lipinski definition) is 3. The van der Waals surface area contributed by atoms with Crippen LogP contribution >= 0.6 is 0 Å². The Kier molecular flexibility index (Phi) is 4.63. The van der Waals surface area contributed by atoms with Crippen LogP contribution in [-0.2, 0) is 6.54 Å². The molecule has 1 fully saturated rings. The molecular weight excluding hydrogens is 238 g/mol. The van der Waals surface area contributed by atoms with E-state index in [0.29, 0.717) is 12.1 Å². The van der Waals surface area contributed by atoms with Crippen LogP contribution in [0.15, 0.2) is 0 Å². The van der Waals surface area contributed by atoms with Gasteiger partial charge < -0.3 is 10.4 Å². The lowest BCUT2D eigenvalue weighted by atomic mass is 9.92. The van der Waals surface area contributed by atoms with Gasteiger partial charge in [0.05, 0.1) is 11.8 Å². The fraction of sp³-hybridized carbons (Fsp3) is 0.800. The molecule has 1 aromatic heterocycles. The number of nitrogens with zero attached hydrogens (tertiary/aromatic N) is 2. The molecule has 4 nitrogen and oxygen atoms in total. The Balaban J connectivity index is 2.03. The van der Waals surface area contributed by atoms with Crippen LogP contribution in [0.3, 0.4) is 0 Å². The molecule has 0 radical (unpaired) electrons. The summed E-state index contributed by atoms with van der Waals surface area (Å²) in [6.07, 6.45) is 3.92. The van der Waals surface area contributed by atoms with Gasteiger partial charge in [0.15, 0.2) is 0 Å². The molecule has 1 aliphatic rings. The molecule has 0 aliphatic heterocycles. The minimum Gasteiger partial charge on any atom is -0.393 e. The Morgan fingerprint density at radius 1 is 1.32 bits per heavy atom. The molecule has 0 aromatic carbocycles. The fourth-order valence-corrected chi connectivity index (χ4v) is 3.32. The Morgan fingerprint density at radius 3 is 2.47 bits per heavy atom. The van der Waals surface area contributed by atoms with Gasteiger partial charge in [-0.1, -0.05) is 0 Å². The van der Waals surface area contributed by atoms with Crippen molar-refractivity contribution in [2.75, 3.05) is 0 Å². The minimum absolute atomic E-state index is 0.0836. The second kappa shape index (κ2) is 6.06. The quantitative estimate of drug-likeness (QED) is 0.879. The highest BCUT2D eigenvalue weighted by molar-refractivity contribution is 5.27. The molecule has 1 aromatic rings. The van der Waals surface area contributed by atoms with Crippen LogP contribution in [0.4, 0.5) is 0 Å². The zero-order chi connectivity index (χ0) is 14.0. The van der Waals surface area contributed by atoms with E-state index in [0.717, 1.165) is 37.9 Å². The van der Waals surface area contributed by atoms with Crippen molar-refractivity contribution in [1.29, 1.82) is 0 Å². The summed E-state index contributed by atoms with van der Waals surface area (Å²) in [6.45, 7) is 9.53. The molecule has 108 valence electrons. The van der Waals surface area contributed by atoms with Crippen molar-refractivity contribution in [2.24, 2.45) is 0 Å². The summed E-state index contributed by atoms with van der Waals surface area (Å²) in [5.74, 6) is 0. The number of aliphatic hydroxyl groups is 1. The third kappa shape index (κ3) is 3.18. The van der Waals surface area contributed by atoms with E-state index in [2.05, 4.69) is 42.8 Å². The molecule has 0 amide bonds. The van der Waals surface area contributed by atoms with Crippen molar-refractivity contribution >= 4 is 0 Å². The summed E-state index contributed by atoms with van der Waals surface area (Å²) in [6, 6.07) is 0.864. The van der Waals surface area contributed by atoms with Gasteiger partial charge in [-0.05, 0) is 53.4 Å². The van der Waals surface area contributed by atoms with Crippen LogP contribution in [0.2, 0.25) is 0 Å². The zero-order valence-electron chi connectivity index (χ0n) is 12.6. The zero-order valence-corrected chi connectivity index (χ0v) is 12.6. The van der Waals surface area contributed by atoms with Crippen molar-refractivity contribution in [2.45, 2.75) is 78.1 Å². The molecule has 2 rings (SSSR count). The number of aryl methyl sites for hydroxylation is 2. The summed E-state index contributed by atoms with van der Waals surface area (Å²) in [4.78, 5) is 0. The average molecular weight is 265 g/mol. The second-order valence-corrected chi connectivity index (χ2v) is 5.79. The maximum Gasteiger partial charge on any atom is 0.0644 e. The first kappa shape index (κ1) is 14.5. The van der Waals surface area contributed by atoms with Crippen LogP contribution < -0.4 is 5.32 Å². The van der Waals surface area contributed by atoms with Crippen LogP contribution in [-0.4, -0.2) is 27.0 Å². The highest BCUT2D eigenvalue weighted by Crippen LogP contribution is 2.25. The van der Waals surface area contributed by atoms with Crippen molar-refractivity contribution in [3.8, 4) is 0 Å². The van der Waals surface area contributed by atoms with E-state index in [1.54, 1.807) is 0 Å². The van der Waals surface area contributed by atoms with Crippen LogP contribution in [0.5, 0.6) is 0 Å². The SMILES string of the molecule is CCn1nc(C)c(C(C)NC2CCC(O)CC2)c1C. The Hall–Kier alpha value is -0.870. The van der Waals surface area contributed by atoms with E-state index in [1.807, 2.05) is 0 Å². The first-order valence-corrected chi connectivity index (χ1v) is 7.51. The molecule has 0 bridgehead atoms. The van der Waals surface area contributed by atoms with E-state index < -0.39 is 0 Å². The molecule has 4 heteroatoms. The first-order chi connectivity index (χ1) is 9.02. The van der Waals surface area contributed by atoms with E-state index in [9.17, 15) is 5.11 Å². The average Bonchev–Trinajstić information content (AvgIpc) is 2.67. The van der Waals surface area contributed by atoms with Crippen molar-refractivity contribution < 1.29 is 5.11 Å². The van der Waals surface area contributed by atoms with Gasteiger partial charge in [0.2, 0.25) is 0 Å². The first-order valence-electron chi connectivity index (χ1n) is 7.51. The summed E-state index contributed by atoms with van der Waals surface area (Å²) in [7, 11) is 0. The maximum absolute atomic E-state index is 9.56. The third-order valence-corrected chi connectivity index (χ3v) is 4.35. The standard InChI is InChI=1S/C15H27N3O/c1-5-18-12(4)15(11(3)17-18)10(2)16-13-6-8-14(19)9-7-13/h10,13-14,16,19H,5-9H2,1-4H3. The lowest BCUT2D eigenvalue weighted by Gasteiger charge is -2.29. The molecule has 19 heavy (non-hydrogen) atoms. The summed E-state index contributed by atoms with van der Waals surface area (Å²) >= 11 is 0. The molecule has 0 saturated heterocycles. The third-order valence-electron chi connectivity index (χ3n) is 4.35. The topological polar surface area (TPSA) is 50.1 Å². The highest BCUT2D eigenvalue weighted by atomic mass is 16.3. The van der Waals surface area contributed by atoms with Crippen LogP contribution in [0, 0.1) is 13.8 Å². The van der Waals surface area contributed by atoms with Crippen LogP contribution in [0.25, 0.3) is 0 Å². The van der Waals surface area contributed by atoms with E-state index in [1.165, 1.54) is 11.3 Å². The Morgan fingerprint density at radius 2 is 1.95 bits per heavy atom. The van der Waals surface area contributed by atoms with Crippen LogP contribution in [0.1, 0.15) is 62.5 Å². The highest BCUT2D eigenvalue weighted by Gasteiger charge is 2.23. The smallest absolute Gasteiger partial charge is 0.0644 e. The number of rotatable bonds is 4. The van der Waals surface area contributed by atoms with E-state index >= 15 is 0 Å². The minimum atomic E-state index is -0.0836. The van der Waals surface area contributed by atoms with Gasteiger partial charge >= 0.3 is 0 Å². The molecule has 1 heterocycles. The molecule has 1 atom stereocenters. The van der Waals surface area contributed by atoms with Gasteiger partial charge in [0.1, 0.15) is 0 Å². The molecule has 1 saturated carbocycles. The largest absolute Gasteiger partial charge is 0.393 e. The number of nitrogens with one attached hydrogen (secondary N) is 1. The molecule has 2 N–H and O–H groups in total. The van der Waals surface area contributed by atoms with Crippen molar-refractivity contribution in [3.05, 3.63) is 17.0 Å². The predicted octanol–water partition coefficient (Wildman–Crippen LogP) is 2.47. The lowest BCUT2D eigenvalue weighted by molar-refractivity contribution is 0.114. The van der Waals surface area contributed by atoms with Gasteiger partial charge in [-0.2, -0.15) is 5.10 Å². The summed E-state index contributed by atoms with van der Waals surface area (Å²) in [5, 5.41) is 17.9. The Bertz CT molecular complexity index is 419. The maximum atomic E-state index is 9.56. The molecular formula is C15H27N3O. The number of aromatic nitrogens is 2. The van der Waals surface area contributed by atoms with Gasteiger partial charge in [0.25, 0.3) is 0 Å². The normalized spacial score (nSPS) is 25.5. The second-order valence-electron chi connectivity index (χ2n) is 5.79. The fourth-order valence-electron chi connectivity index (χ4n) is 3.32. The molecule has 1 unspecified atom stereocenters. The van der Waals surface area contributed by atoms with Gasteiger partial charge in [-0.15, -0.1) is 0 Å². The van der Waals surface area contributed by atoms with E-state index in [4.69, 9.17) is 0 Å². The van der Waals surface area contributed by atoms with Crippen molar-refractivity contribution in [1.82, 2.24) is 15.1 Å². The number of hydrogen-bond donors (Lipinski definition) is 2. The van der Waals surface area contributed by atoms with Gasteiger partial charge in [0, 0.05) is 29.9 Å². The summed E-state index contributed by atoms with van der Waals surface area (Å²) in [5.41, 5.74) is 3.75.